The second-order valence-corrected chi connectivity index (χ2v) is 3.05. The van der Waals surface area contributed by atoms with E-state index in [-0.39, 0.29) is 5.91 Å². The van der Waals surface area contributed by atoms with Gasteiger partial charge in [-0.2, -0.15) is 0 Å². The molecule has 1 heterocycles. The van der Waals surface area contributed by atoms with Crippen LogP contribution >= 0.6 is 0 Å². The number of likely N-dealkylation sites (tertiary alicyclic amines) is 1. The molecular formula is C10H15NO. The van der Waals surface area contributed by atoms with E-state index in [9.17, 15) is 4.79 Å². The van der Waals surface area contributed by atoms with Gasteiger partial charge in [0.05, 0.1) is 6.42 Å². The van der Waals surface area contributed by atoms with Gasteiger partial charge < -0.3 is 4.90 Å². The van der Waals surface area contributed by atoms with E-state index < -0.39 is 0 Å². The summed E-state index contributed by atoms with van der Waals surface area (Å²) in [6, 6.07) is 0. The lowest BCUT2D eigenvalue weighted by Crippen LogP contribution is -2.35. The Morgan fingerprint density at radius 2 is 2.08 bits per heavy atom. The molecule has 1 amide bonds. The summed E-state index contributed by atoms with van der Waals surface area (Å²) in [5.74, 6) is 0.214. The average molecular weight is 165 g/mol. The van der Waals surface area contributed by atoms with Gasteiger partial charge in [-0.1, -0.05) is 6.58 Å². The highest BCUT2D eigenvalue weighted by molar-refractivity contribution is 5.77. The third-order valence-corrected chi connectivity index (χ3v) is 2.13. The molecule has 0 saturated carbocycles. The fourth-order valence-corrected chi connectivity index (χ4v) is 1.43. The van der Waals surface area contributed by atoms with Crippen LogP contribution in [0.2, 0.25) is 0 Å². The number of carbonyl (C=O) groups is 1. The molecule has 0 bridgehead atoms. The number of nitrogens with zero attached hydrogens (tertiary/aromatic N) is 1. The van der Waals surface area contributed by atoms with Crippen molar-refractivity contribution in [2.24, 2.45) is 0 Å². The molecule has 0 aromatic carbocycles. The molecule has 1 fully saturated rings. The summed E-state index contributed by atoms with van der Waals surface area (Å²) >= 11 is 0. The Morgan fingerprint density at radius 3 is 2.67 bits per heavy atom. The summed E-state index contributed by atoms with van der Waals surface area (Å²) in [6.45, 7) is 5.30. The van der Waals surface area contributed by atoms with Crippen LogP contribution in [0.4, 0.5) is 0 Å². The molecule has 66 valence electrons. The van der Waals surface area contributed by atoms with E-state index in [0.29, 0.717) is 6.42 Å². The Balaban J connectivity index is 2.34. The first kappa shape index (κ1) is 9.08. The van der Waals surface area contributed by atoms with Crippen LogP contribution in [0.5, 0.6) is 0 Å². The molecule has 0 radical (unpaired) electrons. The standard InChI is InChI=1S/C10H15NO/c1-2-3-7-10(12)11-8-5-4-6-9-11/h3H,1,4-9H2. The molecule has 1 aliphatic heterocycles. The van der Waals surface area contributed by atoms with Gasteiger partial charge >= 0.3 is 0 Å². The third kappa shape index (κ3) is 2.55. The third-order valence-electron chi connectivity index (χ3n) is 2.13. The molecular weight excluding hydrogens is 150 g/mol. The van der Waals surface area contributed by atoms with Crippen molar-refractivity contribution in [2.75, 3.05) is 13.1 Å². The molecule has 0 N–H and O–H groups in total. The van der Waals surface area contributed by atoms with E-state index in [1.807, 2.05) is 4.90 Å². The fourth-order valence-electron chi connectivity index (χ4n) is 1.43. The first-order valence-electron chi connectivity index (χ1n) is 4.46. The fraction of sp³-hybridized carbons (Fsp3) is 0.600. The van der Waals surface area contributed by atoms with Crippen molar-refractivity contribution in [1.82, 2.24) is 4.90 Å². The Bertz CT molecular complexity index is 198. The van der Waals surface area contributed by atoms with Crippen LogP contribution < -0.4 is 0 Å². The number of hydrogen-bond acceptors (Lipinski definition) is 1. The Kier molecular flexibility index (Phi) is 3.62. The minimum Gasteiger partial charge on any atom is -0.342 e. The number of piperidine rings is 1. The van der Waals surface area contributed by atoms with E-state index in [2.05, 4.69) is 12.3 Å². The van der Waals surface area contributed by atoms with Crippen molar-refractivity contribution in [2.45, 2.75) is 25.7 Å². The van der Waals surface area contributed by atoms with Crippen LogP contribution in [0.3, 0.4) is 0 Å². The topological polar surface area (TPSA) is 20.3 Å². The van der Waals surface area contributed by atoms with Crippen molar-refractivity contribution in [3.05, 3.63) is 18.4 Å². The maximum absolute atomic E-state index is 11.4. The van der Waals surface area contributed by atoms with E-state index in [4.69, 9.17) is 0 Å². The lowest BCUT2D eigenvalue weighted by Gasteiger charge is -2.26. The second-order valence-electron chi connectivity index (χ2n) is 3.05. The van der Waals surface area contributed by atoms with Crippen molar-refractivity contribution < 1.29 is 4.79 Å². The highest BCUT2D eigenvalue weighted by atomic mass is 16.2. The van der Waals surface area contributed by atoms with Crippen LogP contribution in [-0.4, -0.2) is 23.9 Å². The second kappa shape index (κ2) is 4.78. The van der Waals surface area contributed by atoms with Gasteiger partial charge in [0.1, 0.15) is 0 Å². The summed E-state index contributed by atoms with van der Waals surface area (Å²) in [4.78, 5) is 13.3. The van der Waals surface area contributed by atoms with Crippen LogP contribution in [0, 0.1) is 0 Å². The van der Waals surface area contributed by atoms with E-state index in [1.165, 1.54) is 6.42 Å². The van der Waals surface area contributed by atoms with Crippen LogP contribution in [0.25, 0.3) is 0 Å². The summed E-state index contributed by atoms with van der Waals surface area (Å²) in [6.07, 6.45) is 5.73. The Labute approximate surface area is 73.6 Å². The van der Waals surface area contributed by atoms with E-state index in [1.54, 1.807) is 6.08 Å². The van der Waals surface area contributed by atoms with Gasteiger partial charge in [-0.25, -0.2) is 0 Å². The van der Waals surface area contributed by atoms with Gasteiger partial charge in [-0.15, -0.1) is 5.73 Å². The largest absolute Gasteiger partial charge is 0.342 e. The zero-order valence-electron chi connectivity index (χ0n) is 7.38. The molecule has 12 heavy (non-hydrogen) atoms. The van der Waals surface area contributed by atoms with E-state index >= 15 is 0 Å². The maximum Gasteiger partial charge on any atom is 0.227 e. The quantitative estimate of drug-likeness (QED) is 0.571. The first-order chi connectivity index (χ1) is 5.84. The summed E-state index contributed by atoms with van der Waals surface area (Å²) < 4.78 is 0. The monoisotopic (exact) mass is 165 g/mol. The minimum absolute atomic E-state index is 0.214. The molecule has 0 aromatic heterocycles. The predicted molar refractivity (Wildman–Crippen MR) is 48.8 cm³/mol. The smallest absolute Gasteiger partial charge is 0.227 e. The van der Waals surface area contributed by atoms with Gasteiger partial charge in [-0.3, -0.25) is 4.79 Å². The number of amides is 1. The lowest BCUT2D eigenvalue weighted by atomic mass is 10.1. The molecule has 0 atom stereocenters. The lowest BCUT2D eigenvalue weighted by molar-refractivity contribution is -0.131. The predicted octanol–water partition coefficient (Wildman–Crippen LogP) is 1.73. The van der Waals surface area contributed by atoms with Gasteiger partial charge in [0.25, 0.3) is 0 Å². The van der Waals surface area contributed by atoms with Gasteiger partial charge in [0.15, 0.2) is 0 Å². The average Bonchev–Trinajstić information content (AvgIpc) is 2.15. The molecule has 0 aliphatic carbocycles. The summed E-state index contributed by atoms with van der Waals surface area (Å²) in [5, 5.41) is 0. The van der Waals surface area contributed by atoms with E-state index in [0.717, 1.165) is 25.9 Å². The van der Waals surface area contributed by atoms with Crippen LogP contribution in [-0.2, 0) is 4.79 Å². The van der Waals surface area contributed by atoms with Crippen molar-refractivity contribution >= 4 is 5.91 Å². The van der Waals surface area contributed by atoms with Crippen molar-refractivity contribution in [3.63, 3.8) is 0 Å². The molecule has 0 spiro atoms. The highest BCUT2D eigenvalue weighted by Crippen LogP contribution is 2.09. The van der Waals surface area contributed by atoms with Gasteiger partial charge in [-0.05, 0) is 25.3 Å². The molecule has 0 unspecified atom stereocenters. The highest BCUT2D eigenvalue weighted by Gasteiger charge is 2.14. The maximum atomic E-state index is 11.4. The zero-order chi connectivity index (χ0) is 8.81. The van der Waals surface area contributed by atoms with Gasteiger partial charge in [0, 0.05) is 13.1 Å². The van der Waals surface area contributed by atoms with Crippen LogP contribution in [0.1, 0.15) is 25.7 Å². The Morgan fingerprint density at radius 1 is 1.42 bits per heavy atom. The molecule has 1 rings (SSSR count). The number of rotatable bonds is 2. The summed E-state index contributed by atoms with van der Waals surface area (Å²) in [5.41, 5.74) is 2.62. The van der Waals surface area contributed by atoms with Crippen molar-refractivity contribution in [1.29, 1.82) is 0 Å². The first-order valence-corrected chi connectivity index (χ1v) is 4.46. The number of carbonyl (C=O) groups excluding carboxylic acids is 1. The molecule has 2 nitrogen and oxygen atoms in total. The molecule has 2 heteroatoms. The molecule has 0 aromatic rings. The zero-order valence-corrected chi connectivity index (χ0v) is 7.38. The van der Waals surface area contributed by atoms with Crippen molar-refractivity contribution in [3.8, 4) is 0 Å². The number of hydrogen-bond donors (Lipinski definition) is 0. The minimum atomic E-state index is 0.214. The SMILES string of the molecule is C=C=CCC(=O)N1CCCCC1. The van der Waals surface area contributed by atoms with Crippen LogP contribution in [0.15, 0.2) is 18.4 Å². The summed E-state index contributed by atoms with van der Waals surface area (Å²) in [7, 11) is 0. The normalized spacial score (nSPS) is 16.8. The Hall–Kier alpha value is -1.01. The molecule has 1 aliphatic rings. The molecule has 1 saturated heterocycles. The van der Waals surface area contributed by atoms with Gasteiger partial charge in [0.2, 0.25) is 5.91 Å².